The van der Waals surface area contributed by atoms with Gasteiger partial charge in [0.05, 0.1) is 26.4 Å². The second-order valence-electron chi connectivity index (χ2n) is 9.87. The molecule has 0 aliphatic rings. The van der Waals surface area contributed by atoms with E-state index in [0.29, 0.717) is 60.9 Å². The third-order valence-corrected chi connectivity index (χ3v) is 6.24. The summed E-state index contributed by atoms with van der Waals surface area (Å²) in [5.41, 5.74) is 0. The van der Waals surface area contributed by atoms with Crippen molar-refractivity contribution < 1.29 is 33.9 Å². The van der Waals surface area contributed by atoms with Crippen molar-refractivity contribution in [3.63, 3.8) is 0 Å². The first-order chi connectivity index (χ1) is 19.0. The van der Waals surface area contributed by atoms with Crippen LogP contribution < -0.4 is 23.7 Å². The van der Waals surface area contributed by atoms with E-state index in [-0.39, 0.29) is 11.5 Å². The molecule has 2 N–H and O–H groups in total. The van der Waals surface area contributed by atoms with Crippen LogP contribution >= 0.6 is 0 Å². The normalized spacial score (nSPS) is 10.9. The Kier molecular flexibility index (Phi) is 15.8. The lowest BCUT2D eigenvalue weighted by atomic mass is 10.2. The number of phenols is 2. The molecule has 0 unspecified atom stereocenters. The summed E-state index contributed by atoms with van der Waals surface area (Å²) < 4.78 is 30.9. The highest BCUT2D eigenvalue weighted by Crippen LogP contribution is 2.50. The van der Waals surface area contributed by atoms with Crippen LogP contribution in [0.15, 0.2) is 24.3 Å². The van der Waals surface area contributed by atoms with Crippen molar-refractivity contribution in [2.45, 2.75) is 105 Å². The van der Waals surface area contributed by atoms with E-state index in [1.165, 1.54) is 0 Å². The molecule has 0 saturated carbocycles. The zero-order valence-electron chi connectivity index (χ0n) is 24.6. The van der Waals surface area contributed by atoms with Gasteiger partial charge in [0.1, 0.15) is 11.5 Å². The molecule has 220 valence electrons. The molecule has 0 fully saturated rings. The molecule has 2 aromatic carbocycles. The summed E-state index contributed by atoms with van der Waals surface area (Å²) in [7, 11) is 0. The van der Waals surface area contributed by atoms with Crippen molar-refractivity contribution >= 4 is 0 Å². The highest BCUT2D eigenvalue weighted by Gasteiger charge is 2.23. The Morgan fingerprint density at radius 3 is 0.923 bits per heavy atom. The second kappa shape index (κ2) is 19.2. The first kappa shape index (κ1) is 32.3. The molecule has 0 spiro atoms. The van der Waals surface area contributed by atoms with E-state index >= 15 is 0 Å². The number of hydrogen-bond acceptors (Lipinski definition) is 7. The Morgan fingerprint density at radius 1 is 0.436 bits per heavy atom. The molecule has 0 saturated heterocycles. The predicted molar refractivity (Wildman–Crippen MR) is 156 cm³/mol. The lowest BCUT2D eigenvalue weighted by molar-refractivity contribution is 0.247. The maximum absolute atomic E-state index is 10.5. The van der Waals surface area contributed by atoms with Gasteiger partial charge in [-0.1, -0.05) is 79.1 Å². The number of benzene rings is 2. The van der Waals surface area contributed by atoms with Crippen LogP contribution in [0.2, 0.25) is 0 Å². The van der Waals surface area contributed by atoms with Crippen LogP contribution in [0.4, 0.5) is 0 Å². The van der Waals surface area contributed by atoms with Gasteiger partial charge in [0.2, 0.25) is 11.5 Å². The van der Waals surface area contributed by atoms with Crippen LogP contribution in [0.3, 0.4) is 0 Å². The minimum atomic E-state index is 0.0381. The minimum absolute atomic E-state index is 0.0381. The molecule has 7 nitrogen and oxygen atoms in total. The molecule has 0 aliphatic carbocycles. The van der Waals surface area contributed by atoms with E-state index in [0.717, 1.165) is 77.0 Å². The van der Waals surface area contributed by atoms with E-state index in [4.69, 9.17) is 23.7 Å². The van der Waals surface area contributed by atoms with Crippen molar-refractivity contribution in [3.8, 4) is 46.0 Å². The number of hydrogen-bond donors (Lipinski definition) is 2. The highest BCUT2D eigenvalue weighted by molar-refractivity contribution is 5.62. The van der Waals surface area contributed by atoms with Gasteiger partial charge in [-0.25, -0.2) is 0 Å². The number of unbranched alkanes of at least 4 members (excludes halogenated alkanes) is 8. The molecule has 7 heteroatoms. The highest BCUT2D eigenvalue weighted by atomic mass is 16.6. The molecular weight excluding hydrogens is 496 g/mol. The monoisotopic (exact) mass is 546 g/mol. The largest absolute Gasteiger partial charge is 0.508 e. The van der Waals surface area contributed by atoms with E-state index in [1.54, 1.807) is 24.3 Å². The number of rotatable bonds is 22. The Balaban J connectivity index is 2.48. The van der Waals surface area contributed by atoms with Crippen molar-refractivity contribution in [1.82, 2.24) is 0 Å². The molecule has 2 rings (SSSR count). The minimum Gasteiger partial charge on any atom is -0.508 e. The summed E-state index contributed by atoms with van der Waals surface area (Å²) >= 11 is 0. The maximum atomic E-state index is 10.5. The molecule has 0 bridgehead atoms. The fourth-order valence-electron chi connectivity index (χ4n) is 3.99. The molecule has 0 radical (unpaired) electrons. The molecule has 0 aromatic heterocycles. The van der Waals surface area contributed by atoms with Gasteiger partial charge >= 0.3 is 0 Å². The average Bonchev–Trinajstić information content (AvgIpc) is 2.92. The van der Waals surface area contributed by atoms with Crippen molar-refractivity contribution in [2.24, 2.45) is 0 Å². The van der Waals surface area contributed by atoms with Crippen molar-refractivity contribution in [2.75, 3.05) is 26.4 Å². The Morgan fingerprint density at radius 2 is 0.692 bits per heavy atom. The van der Waals surface area contributed by atoms with E-state index in [1.807, 2.05) is 0 Å². The zero-order chi connectivity index (χ0) is 28.3. The lowest BCUT2D eigenvalue weighted by Crippen LogP contribution is -2.06. The summed E-state index contributed by atoms with van der Waals surface area (Å²) in [5.74, 6) is 2.33. The van der Waals surface area contributed by atoms with Gasteiger partial charge in [0.15, 0.2) is 23.0 Å². The van der Waals surface area contributed by atoms with Crippen LogP contribution in [-0.4, -0.2) is 36.6 Å². The third kappa shape index (κ3) is 11.8. The summed E-state index contributed by atoms with van der Waals surface area (Å²) in [6.07, 6.45) is 12.0. The van der Waals surface area contributed by atoms with E-state index in [9.17, 15) is 10.2 Å². The fourth-order valence-corrected chi connectivity index (χ4v) is 3.99. The van der Waals surface area contributed by atoms with Gasteiger partial charge in [-0.2, -0.15) is 0 Å². The molecular formula is C32H50O7. The van der Waals surface area contributed by atoms with Crippen LogP contribution in [-0.2, 0) is 0 Å². The van der Waals surface area contributed by atoms with Crippen molar-refractivity contribution in [1.29, 1.82) is 0 Å². The molecule has 2 aromatic rings. The lowest BCUT2D eigenvalue weighted by Gasteiger charge is -2.21. The molecule has 0 heterocycles. The zero-order valence-corrected chi connectivity index (χ0v) is 24.6. The van der Waals surface area contributed by atoms with Gasteiger partial charge in [0, 0.05) is 24.3 Å². The van der Waals surface area contributed by atoms with Gasteiger partial charge < -0.3 is 33.9 Å². The SMILES string of the molecule is CCCCCOc1cc(O)cc(OCCCCC)c1Oc1c(OCCCCC)cc(O)cc1OCCCCC. The Labute approximate surface area is 235 Å². The smallest absolute Gasteiger partial charge is 0.211 e. The van der Waals surface area contributed by atoms with Crippen LogP contribution in [0.5, 0.6) is 46.0 Å². The first-order valence-electron chi connectivity index (χ1n) is 15.0. The van der Waals surface area contributed by atoms with Gasteiger partial charge in [-0.15, -0.1) is 0 Å². The van der Waals surface area contributed by atoms with E-state index < -0.39 is 0 Å². The van der Waals surface area contributed by atoms with E-state index in [2.05, 4.69) is 27.7 Å². The summed E-state index contributed by atoms with van der Waals surface area (Å²) in [6, 6.07) is 6.18. The average molecular weight is 547 g/mol. The van der Waals surface area contributed by atoms with Crippen LogP contribution in [0.25, 0.3) is 0 Å². The number of aromatic hydroxyl groups is 2. The Hall–Kier alpha value is -2.96. The molecule has 39 heavy (non-hydrogen) atoms. The second-order valence-corrected chi connectivity index (χ2v) is 9.87. The van der Waals surface area contributed by atoms with Crippen LogP contribution in [0.1, 0.15) is 105 Å². The van der Waals surface area contributed by atoms with Gasteiger partial charge in [-0.3, -0.25) is 0 Å². The van der Waals surface area contributed by atoms with Crippen LogP contribution in [0, 0.1) is 0 Å². The fraction of sp³-hybridized carbons (Fsp3) is 0.625. The molecule has 0 atom stereocenters. The predicted octanol–water partition coefficient (Wildman–Crippen LogP) is 9.17. The summed E-state index contributed by atoms with van der Waals surface area (Å²) in [5, 5.41) is 20.9. The molecule has 0 amide bonds. The van der Waals surface area contributed by atoms with Crippen molar-refractivity contribution in [3.05, 3.63) is 24.3 Å². The number of phenolic OH excluding ortho intramolecular Hbond substituents is 2. The summed E-state index contributed by atoms with van der Waals surface area (Å²) in [6.45, 7) is 10.5. The number of ether oxygens (including phenoxy) is 5. The Bertz CT molecular complexity index is 803. The van der Waals surface area contributed by atoms with Gasteiger partial charge in [-0.05, 0) is 25.7 Å². The topological polar surface area (TPSA) is 86.6 Å². The standard InChI is InChI=1S/C32H50O7/c1-5-9-13-17-35-27-21-25(33)22-28(36-18-14-10-6-2)31(27)39-32-29(37-19-15-11-7-3)23-26(34)24-30(32)38-20-16-12-8-4/h21-24,33-34H,5-20H2,1-4H3. The quantitative estimate of drug-likeness (QED) is 0.142. The molecule has 0 aliphatic heterocycles. The van der Waals surface area contributed by atoms with Gasteiger partial charge in [0.25, 0.3) is 0 Å². The summed E-state index contributed by atoms with van der Waals surface area (Å²) in [4.78, 5) is 0. The maximum Gasteiger partial charge on any atom is 0.211 e. The third-order valence-electron chi connectivity index (χ3n) is 6.24. The first-order valence-corrected chi connectivity index (χ1v) is 15.0.